The van der Waals surface area contributed by atoms with Crippen LogP contribution in [-0.4, -0.2) is 48.9 Å². The van der Waals surface area contributed by atoms with Gasteiger partial charge in [0, 0.05) is 13.5 Å². The number of ketones is 1. The summed E-state index contributed by atoms with van der Waals surface area (Å²) in [6.07, 6.45) is 3.66. The van der Waals surface area contributed by atoms with Gasteiger partial charge in [0.05, 0.1) is 13.3 Å². The van der Waals surface area contributed by atoms with Gasteiger partial charge in [-0.1, -0.05) is 18.2 Å². The predicted octanol–water partition coefficient (Wildman–Crippen LogP) is 2.03. The number of aromatic nitrogens is 1. The molecule has 8 nitrogen and oxygen atoms in total. The van der Waals surface area contributed by atoms with Crippen molar-refractivity contribution in [1.82, 2.24) is 9.29 Å². The number of carbonyl (C=O) groups is 1. The van der Waals surface area contributed by atoms with Crippen molar-refractivity contribution in [2.45, 2.75) is 43.4 Å². The van der Waals surface area contributed by atoms with E-state index in [1.165, 1.54) is 13.2 Å². The molecule has 9 heteroatoms. The lowest BCUT2D eigenvalue weighted by Gasteiger charge is -2.41. The summed E-state index contributed by atoms with van der Waals surface area (Å²) in [5.74, 6) is 0.437. The number of aliphatic imine (C=N–C) groups is 1. The summed E-state index contributed by atoms with van der Waals surface area (Å²) in [5, 5.41) is -0.701. The van der Waals surface area contributed by atoms with Crippen molar-refractivity contribution in [2.24, 2.45) is 10.7 Å². The van der Waals surface area contributed by atoms with Crippen LogP contribution in [-0.2, 0) is 28.4 Å². The normalized spacial score (nSPS) is 24.4. The van der Waals surface area contributed by atoms with E-state index in [0.717, 1.165) is 33.8 Å². The molecule has 0 fully saturated rings. The topological polar surface area (TPSA) is 115 Å². The van der Waals surface area contributed by atoms with Crippen molar-refractivity contribution in [3.63, 3.8) is 0 Å². The molecule has 1 aliphatic carbocycles. The van der Waals surface area contributed by atoms with Crippen molar-refractivity contribution in [3.8, 4) is 5.75 Å². The lowest BCUT2D eigenvalue weighted by Crippen LogP contribution is -2.56. The highest BCUT2D eigenvalue weighted by atomic mass is 32.2. The van der Waals surface area contributed by atoms with Crippen LogP contribution in [0, 0.1) is 0 Å². The van der Waals surface area contributed by atoms with Crippen LogP contribution in [0.25, 0.3) is 0 Å². The lowest BCUT2D eigenvalue weighted by molar-refractivity contribution is 0.0988. The van der Waals surface area contributed by atoms with Gasteiger partial charge in [-0.05, 0) is 55.0 Å². The quantitative estimate of drug-likeness (QED) is 0.725. The smallest absolute Gasteiger partial charge is 0.242 e. The molecule has 164 valence electrons. The number of fused-ring (bicyclic) bond motifs is 3. The number of ether oxygens (including phenoxy) is 1. The van der Waals surface area contributed by atoms with Crippen LogP contribution in [0.3, 0.4) is 0 Å². The Labute approximate surface area is 182 Å². The predicted molar refractivity (Wildman–Crippen MR) is 118 cm³/mol. The number of benzene rings is 1. The molecule has 2 aromatic rings. The van der Waals surface area contributed by atoms with Gasteiger partial charge >= 0.3 is 0 Å². The largest absolute Gasteiger partial charge is 0.495 e. The first-order valence-corrected chi connectivity index (χ1v) is 11.7. The maximum absolute atomic E-state index is 13.1. The molecule has 2 atom stereocenters. The highest BCUT2D eigenvalue weighted by Crippen LogP contribution is 2.44. The SMILES string of the molecule is COc1ccc(C(=O)Cc2ccc3c(c2)[C@@]2(C)N=C(N)N(C)S(=O)(=O)[C@H]2CCC3)nc1. The second-order valence-corrected chi connectivity index (χ2v) is 10.3. The van der Waals surface area contributed by atoms with Crippen LogP contribution in [0.5, 0.6) is 5.75 Å². The molecule has 31 heavy (non-hydrogen) atoms. The zero-order chi connectivity index (χ0) is 22.4. The number of nitrogens with two attached hydrogens (primary N) is 1. The molecule has 0 spiro atoms. The molecule has 0 saturated heterocycles. The molecule has 0 amide bonds. The molecule has 0 unspecified atom stereocenters. The Morgan fingerprint density at radius 3 is 2.77 bits per heavy atom. The summed E-state index contributed by atoms with van der Waals surface area (Å²) in [6, 6.07) is 9.14. The van der Waals surface area contributed by atoms with E-state index in [0.29, 0.717) is 17.9 Å². The number of rotatable bonds is 4. The molecular weight excluding hydrogens is 416 g/mol. The van der Waals surface area contributed by atoms with E-state index in [1.807, 2.05) is 25.1 Å². The van der Waals surface area contributed by atoms with Gasteiger partial charge < -0.3 is 10.5 Å². The number of aryl methyl sites for hydroxylation is 1. The van der Waals surface area contributed by atoms with Crippen molar-refractivity contribution in [3.05, 3.63) is 58.9 Å². The average molecular weight is 443 g/mol. The summed E-state index contributed by atoms with van der Waals surface area (Å²) in [5.41, 5.74) is 8.00. The number of methoxy groups -OCH3 is 1. The first-order valence-electron chi connectivity index (χ1n) is 10.2. The number of pyridine rings is 1. The van der Waals surface area contributed by atoms with Gasteiger partial charge in [-0.15, -0.1) is 0 Å². The second kappa shape index (κ2) is 7.64. The van der Waals surface area contributed by atoms with Crippen LogP contribution in [0.1, 0.15) is 46.9 Å². The van der Waals surface area contributed by atoms with Crippen LogP contribution < -0.4 is 10.5 Å². The Balaban J connectivity index is 1.72. The Kier molecular flexibility index (Phi) is 5.25. The van der Waals surface area contributed by atoms with Gasteiger partial charge in [-0.3, -0.25) is 4.79 Å². The summed E-state index contributed by atoms with van der Waals surface area (Å²) in [6.45, 7) is 1.83. The third-order valence-electron chi connectivity index (χ3n) is 6.29. The zero-order valence-corrected chi connectivity index (χ0v) is 18.6. The standard InChI is InChI=1S/C22H26N4O4S/c1-22-17-11-14(12-19(27)18-10-9-16(30-3)13-24-18)7-8-15(17)5-4-6-20(22)31(28,29)26(2)21(23)25-22/h7-11,13,20H,4-6,12H2,1-3H3,(H2,23,25)/t20-,22+/m0/s1. The first-order chi connectivity index (χ1) is 14.7. The fourth-order valence-corrected chi connectivity index (χ4v) is 6.41. The van der Waals surface area contributed by atoms with Gasteiger partial charge in [0.15, 0.2) is 5.78 Å². The fraction of sp³-hybridized carbons (Fsp3) is 0.409. The second-order valence-electron chi connectivity index (χ2n) is 8.19. The average Bonchev–Trinajstić information content (AvgIpc) is 2.89. The minimum atomic E-state index is -3.63. The number of sulfonamides is 1. The molecule has 0 saturated carbocycles. The number of guanidine groups is 1. The van der Waals surface area contributed by atoms with Crippen LogP contribution >= 0.6 is 0 Å². The van der Waals surface area contributed by atoms with Crippen molar-refractivity contribution in [1.29, 1.82) is 0 Å². The lowest BCUT2D eigenvalue weighted by atomic mass is 9.84. The van der Waals surface area contributed by atoms with Crippen molar-refractivity contribution >= 4 is 21.8 Å². The maximum Gasteiger partial charge on any atom is 0.242 e. The minimum absolute atomic E-state index is 0.0180. The van der Waals surface area contributed by atoms with E-state index in [9.17, 15) is 13.2 Å². The van der Waals surface area contributed by atoms with Crippen LogP contribution in [0.15, 0.2) is 41.5 Å². The minimum Gasteiger partial charge on any atom is -0.495 e. The van der Waals surface area contributed by atoms with Gasteiger partial charge in [0.25, 0.3) is 0 Å². The highest BCUT2D eigenvalue weighted by molar-refractivity contribution is 7.90. The molecule has 2 aliphatic rings. The van der Waals surface area contributed by atoms with E-state index in [-0.39, 0.29) is 18.2 Å². The monoisotopic (exact) mass is 442 g/mol. The van der Waals surface area contributed by atoms with Gasteiger partial charge in [0.2, 0.25) is 16.0 Å². The van der Waals surface area contributed by atoms with Crippen LogP contribution in [0.2, 0.25) is 0 Å². The first kappa shape index (κ1) is 21.3. The fourth-order valence-electron chi connectivity index (χ4n) is 4.50. The maximum atomic E-state index is 13.1. The third kappa shape index (κ3) is 3.56. The molecule has 2 heterocycles. The Hall–Kier alpha value is -2.94. The molecule has 1 aromatic heterocycles. The molecular formula is C22H26N4O4S. The number of hydrogen-bond donors (Lipinski definition) is 1. The van der Waals surface area contributed by atoms with Gasteiger partial charge in [0.1, 0.15) is 22.2 Å². The van der Waals surface area contributed by atoms with E-state index in [1.54, 1.807) is 19.2 Å². The van der Waals surface area contributed by atoms with Gasteiger partial charge in [-0.25, -0.2) is 22.7 Å². The highest BCUT2D eigenvalue weighted by Gasteiger charge is 2.51. The Bertz CT molecular complexity index is 1160. The molecule has 1 aromatic carbocycles. The Morgan fingerprint density at radius 1 is 1.32 bits per heavy atom. The number of nitrogens with zero attached hydrogens (tertiary/aromatic N) is 3. The molecule has 4 rings (SSSR count). The van der Waals surface area contributed by atoms with Crippen molar-refractivity contribution < 1.29 is 17.9 Å². The molecule has 0 bridgehead atoms. The van der Waals surface area contributed by atoms with Crippen molar-refractivity contribution in [2.75, 3.05) is 14.2 Å². The van der Waals surface area contributed by atoms with E-state index < -0.39 is 20.8 Å². The van der Waals surface area contributed by atoms with Gasteiger partial charge in [-0.2, -0.15) is 0 Å². The zero-order valence-electron chi connectivity index (χ0n) is 17.8. The summed E-state index contributed by atoms with van der Waals surface area (Å²) < 4.78 is 32.4. The third-order valence-corrected chi connectivity index (χ3v) is 8.66. The summed E-state index contributed by atoms with van der Waals surface area (Å²) >= 11 is 0. The van der Waals surface area contributed by atoms with E-state index in [4.69, 9.17) is 10.5 Å². The van der Waals surface area contributed by atoms with Crippen LogP contribution in [0.4, 0.5) is 0 Å². The molecule has 1 aliphatic heterocycles. The Morgan fingerprint density at radius 2 is 2.10 bits per heavy atom. The molecule has 2 N–H and O–H groups in total. The van der Waals surface area contributed by atoms with E-state index in [2.05, 4.69) is 9.98 Å². The number of carbonyl (C=O) groups excluding carboxylic acids is 1. The molecule has 0 radical (unpaired) electrons. The number of hydrogen-bond acceptors (Lipinski definition) is 7. The summed E-state index contributed by atoms with van der Waals surface area (Å²) in [7, 11) is -0.650. The number of Topliss-reactive ketones (excluding diaryl/α,β-unsaturated/α-hetero) is 1. The summed E-state index contributed by atoms with van der Waals surface area (Å²) in [4.78, 5) is 21.6. The van der Waals surface area contributed by atoms with E-state index >= 15 is 0 Å².